The van der Waals surface area contributed by atoms with E-state index in [-0.39, 0.29) is 22.1 Å². The third-order valence-corrected chi connectivity index (χ3v) is 6.22. The summed E-state index contributed by atoms with van der Waals surface area (Å²) in [5.41, 5.74) is -1.53. The summed E-state index contributed by atoms with van der Waals surface area (Å²) >= 11 is 15.2. The highest BCUT2D eigenvalue weighted by Crippen LogP contribution is 2.38. The Labute approximate surface area is 187 Å². The number of hydrogen-bond acceptors (Lipinski definition) is 4. The molecule has 0 spiro atoms. The lowest BCUT2D eigenvalue weighted by molar-refractivity contribution is -0.137. The van der Waals surface area contributed by atoms with Gasteiger partial charge in [-0.3, -0.25) is 4.72 Å². The second-order valence-corrected chi connectivity index (χ2v) is 9.20. The predicted octanol–water partition coefficient (Wildman–Crippen LogP) is 5.63. The molecule has 0 radical (unpaired) electrons. The minimum absolute atomic E-state index is 0.0958. The van der Waals surface area contributed by atoms with Crippen LogP contribution in [0.3, 0.4) is 0 Å². The van der Waals surface area contributed by atoms with Gasteiger partial charge < -0.3 is 0 Å². The van der Waals surface area contributed by atoms with E-state index >= 15 is 0 Å². The van der Waals surface area contributed by atoms with Crippen LogP contribution in [0.2, 0.25) is 10.0 Å². The number of aromatic nitrogens is 2. The largest absolute Gasteiger partial charge is 0.416 e. The maximum Gasteiger partial charge on any atom is 0.416 e. The lowest BCUT2D eigenvalue weighted by atomic mass is 10.2. The van der Waals surface area contributed by atoms with E-state index in [1.807, 2.05) is 0 Å². The summed E-state index contributed by atoms with van der Waals surface area (Å²) in [6.07, 6.45) is -4.69. The molecule has 3 rings (SSSR count). The van der Waals surface area contributed by atoms with E-state index in [4.69, 9.17) is 28.5 Å². The lowest BCUT2D eigenvalue weighted by Crippen LogP contribution is -2.16. The number of nitrogens with zero attached hydrogens (tertiary/aromatic N) is 3. The first-order valence-electron chi connectivity index (χ1n) is 7.77. The molecule has 0 unspecified atom stereocenters. The van der Waals surface area contributed by atoms with Crippen molar-refractivity contribution >= 4 is 55.0 Å². The molecule has 2 aromatic carbocycles. The minimum atomic E-state index is -4.69. The molecule has 3 aromatic rings. The van der Waals surface area contributed by atoms with Crippen molar-refractivity contribution in [1.29, 1.82) is 5.26 Å². The van der Waals surface area contributed by atoms with Crippen molar-refractivity contribution in [3.8, 4) is 11.8 Å². The Balaban J connectivity index is 2.12. The van der Waals surface area contributed by atoms with Gasteiger partial charge >= 0.3 is 6.18 Å². The molecule has 1 heterocycles. The fraction of sp³-hybridized carbons (Fsp3) is 0.0588. The van der Waals surface area contributed by atoms with Gasteiger partial charge in [-0.2, -0.15) is 23.5 Å². The molecule has 0 fully saturated rings. The molecule has 0 amide bonds. The quantitative estimate of drug-likeness (QED) is 0.465. The highest BCUT2D eigenvalue weighted by Gasteiger charge is 2.33. The molecule has 1 aromatic heterocycles. The van der Waals surface area contributed by atoms with Crippen LogP contribution in [0.15, 0.2) is 51.8 Å². The number of anilines is 1. The number of nitriles is 1. The van der Waals surface area contributed by atoms with Crippen LogP contribution in [0.4, 0.5) is 19.0 Å². The predicted molar refractivity (Wildman–Crippen MR) is 108 cm³/mol. The summed E-state index contributed by atoms with van der Waals surface area (Å²) in [6.45, 7) is 0. The van der Waals surface area contributed by atoms with Gasteiger partial charge in [0.1, 0.15) is 17.6 Å². The van der Waals surface area contributed by atoms with Crippen LogP contribution in [0, 0.1) is 11.3 Å². The highest BCUT2D eigenvalue weighted by molar-refractivity contribution is 9.10. The van der Waals surface area contributed by atoms with Crippen molar-refractivity contribution in [2.75, 3.05) is 4.72 Å². The van der Waals surface area contributed by atoms with E-state index in [0.717, 1.165) is 10.7 Å². The van der Waals surface area contributed by atoms with Crippen LogP contribution < -0.4 is 4.72 Å². The van der Waals surface area contributed by atoms with Crippen LogP contribution >= 0.6 is 39.1 Å². The number of halogens is 6. The third kappa shape index (κ3) is 4.57. The van der Waals surface area contributed by atoms with E-state index in [2.05, 4.69) is 25.8 Å². The molecule has 0 bridgehead atoms. The van der Waals surface area contributed by atoms with E-state index in [1.165, 1.54) is 24.3 Å². The Morgan fingerprint density at radius 1 is 1.10 bits per heavy atom. The Kier molecular flexibility index (Phi) is 6.06. The Morgan fingerprint density at radius 2 is 1.67 bits per heavy atom. The molecule has 0 atom stereocenters. The molecule has 30 heavy (non-hydrogen) atoms. The van der Waals surface area contributed by atoms with Gasteiger partial charge in [0.15, 0.2) is 5.69 Å². The van der Waals surface area contributed by atoms with Crippen LogP contribution in [-0.2, 0) is 16.2 Å². The van der Waals surface area contributed by atoms with Crippen molar-refractivity contribution in [3.05, 3.63) is 68.2 Å². The second kappa shape index (κ2) is 8.11. The van der Waals surface area contributed by atoms with Gasteiger partial charge in [-0.1, -0.05) is 39.1 Å². The summed E-state index contributed by atoms with van der Waals surface area (Å²) in [5, 5.41) is 12.1. The molecule has 0 aliphatic carbocycles. The van der Waals surface area contributed by atoms with Gasteiger partial charge in [-0.05, 0) is 36.4 Å². The minimum Gasteiger partial charge on any atom is -0.263 e. The number of sulfonamides is 1. The van der Waals surface area contributed by atoms with Crippen LogP contribution in [-0.4, -0.2) is 18.2 Å². The van der Waals surface area contributed by atoms with E-state index in [0.29, 0.717) is 16.6 Å². The normalized spacial score (nSPS) is 11.9. The first-order valence-corrected chi connectivity index (χ1v) is 10.8. The molecule has 1 N–H and O–H groups in total. The molecule has 6 nitrogen and oxygen atoms in total. The fourth-order valence-corrected chi connectivity index (χ4v) is 4.37. The summed E-state index contributed by atoms with van der Waals surface area (Å²) in [6, 6.07) is 9.76. The Bertz CT molecular complexity index is 1250. The van der Waals surface area contributed by atoms with Gasteiger partial charge in [-0.15, -0.1) is 0 Å². The molecule has 0 saturated heterocycles. The highest BCUT2D eigenvalue weighted by atomic mass is 79.9. The Morgan fingerprint density at radius 3 is 2.17 bits per heavy atom. The van der Waals surface area contributed by atoms with Gasteiger partial charge in [0, 0.05) is 10.5 Å². The van der Waals surface area contributed by atoms with Crippen LogP contribution in [0.1, 0.15) is 11.3 Å². The fourth-order valence-electron chi connectivity index (χ4n) is 2.42. The van der Waals surface area contributed by atoms with Crippen LogP contribution in [0.5, 0.6) is 0 Å². The summed E-state index contributed by atoms with van der Waals surface area (Å²) < 4.78 is 68.1. The van der Waals surface area contributed by atoms with E-state index < -0.39 is 31.8 Å². The number of hydrogen-bond donors (Lipinski definition) is 1. The topological polar surface area (TPSA) is 87.8 Å². The molecular weight excluding hydrogens is 532 g/mol. The molecule has 0 aliphatic heterocycles. The molecule has 13 heteroatoms. The van der Waals surface area contributed by atoms with Crippen molar-refractivity contribution in [3.63, 3.8) is 0 Å². The van der Waals surface area contributed by atoms with Crippen molar-refractivity contribution in [1.82, 2.24) is 9.78 Å². The van der Waals surface area contributed by atoms with Crippen molar-refractivity contribution < 1.29 is 21.6 Å². The van der Waals surface area contributed by atoms with Gasteiger partial charge in [0.2, 0.25) is 0 Å². The second-order valence-electron chi connectivity index (χ2n) is 5.78. The monoisotopic (exact) mass is 538 g/mol. The van der Waals surface area contributed by atoms with Crippen molar-refractivity contribution in [2.45, 2.75) is 11.1 Å². The lowest BCUT2D eigenvalue weighted by Gasteiger charge is -2.15. The van der Waals surface area contributed by atoms with E-state index in [9.17, 15) is 21.6 Å². The zero-order valence-electron chi connectivity index (χ0n) is 14.4. The van der Waals surface area contributed by atoms with Gasteiger partial charge in [-0.25, -0.2) is 13.1 Å². The van der Waals surface area contributed by atoms with E-state index in [1.54, 1.807) is 6.07 Å². The van der Waals surface area contributed by atoms with Crippen LogP contribution in [0.25, 0.3) is 5.69 Å². The maximum atomic E-state index is 13.0. The maximum absolute atomic E-state index is 13.0. The molecule has 0 aliphatic rings. The average Bonchev–Trinajstić information content (AvgIpc) is 3.02. The summed E-state index contributed by atoms with van der Waals surface area (Å²) in [4.78, 5) is -0.0958. The number of benzene rings is 2. The standard InChI is InChI=1S/C17H8BrCl2F3N4O2S/c18-10-1-3-12(4-2-10)30(28,29)26-15-7-11(8-24)25-27(15)16-13(19)5-9(6-14(16)20)17(21,22)23/h1-7,26H. The number of alkyl halides is 3. The van der Waals surface area contributed by atoms with Gasteiger partial charge in [0.25, 0.3) is 10.0 Å². The van der Waals surface area contributed by atoms with Gasteiger partial charge in [0.05, 0.1) is 20.5 Å². The third-order valence-electron chi connectivity index (χ3n) is 3.74. The molecule has 0 saturated carbocycles. The molecular formula is C17H8BrCl2F3N4O2S. The smallest absolute Gasteiger partial charge is 0.263 e. The summed E-state index contributed by atoms with van der Waals surface area (Å²) in [7, 11) is -4.12. The first kappa shape index (κ1) is 22.4. The number of nitrogens with one attached hydrogen (secondary N) is 1. The average molecular weight is 540 g/mol. The SMILES string of the molecule is N#Cc1cc(NS(=O)(=O)c2ccc(Br)cc2)n(-c2c(Cl)cc(C(F)(F)F)cc2Cl)n1. The molecule has 156 valence electrons. The zero-order valence-corrected chi connectivity index (χ0v) is 18.3. The number of rotatable bonds is 4. The van der Waals surface area contributed by atoms with Crippen molar-refractivity contribution in [2.24, 2.45) is 0 Å². The Hall–Kier alpha value is -2.26. The first-order chi connectivity index (χ1) is 13.9. The zero-order chi connectivity index (χ0) is 22.3. The summed E-state index contributed by atoms with van der Waals surface area (Å²) in [5.74, 6) is -0.238.